The molecule has 1 N–H and O–H groups in total. The van der Waals surface area contributed by atoms with Gasteiger partial charge in [-0.2, -0.15) is 5.10 Å². The minimum Gasteiger partial charge on any atom is -0.321 e. The Hall–Kier alpha value is -1.62. The van der Waals surface area contributed by atoms with E-state index < -0.39 is 0 Å². The normalized spacial score (nSPS) is 10.1. The predicted molar refractivity (Wildman–Crippen MR) is 65.3 cm³/mol. The standard InChI is InChI=1S/C11H10BrN3O/c1-15-7-8(6-13-15)11(16)14-10-5-3-2-4-9(10)12/h2-7H,1H3,(H,14,16). The Morgan fingerprint density at radius 3 is 2.81 bits per heavy atom. The van der Waals surface area contributed by atoms with Crippen LogP contribution < -0.4 is 5.32 Å². The smallest absolute Gasteiger partial charge is 0.258 e. The summed E-state index contributed by atoms with van der Waals surface area (Å²) in [5.41, 5.74) is 1.29. The van der Waals surface area contributed by atoms with Gasteiger partial charge in [0.2, 0.25) is 0 Å². The van der Waals surface area contributed by atoms with Crippen LogP contribution in [0.25, 0.3) is 0 Å². The molecule has 2 rings (SSSR count). The fourth-order valence-electron chi connectivity index (χ4n) is 1.30. The van der Waals surface area contributed by atoms with E-state index in [1.807, 2.05) is 24.3 Å². The van der Waals surface area contributed by atoms with Gasteiger partial charge < -0.3 is 5.32 Å². The lowest BCUT2D eigenvalue weighted by Gasteiger charge is -2.05. The Morgan fingerprint density at radius 1 is 1.44 bits per heavy atom. The molecule has 1 heterocycles. The summed E-state index contributed by atoms with van der Waals surface area (Å²) in [7, 11) is 1.77. The molecule has 82 valence electrons. The number of carbonyl (C=O) groups is 1. The van der Waals surface area contributed by atoms with Crippen molar-refractivity contribution in [2.45, 2.75) is 0 Å². The van der Waals surface area contributed by atoms with E-state index in [2.05, 4.69) is 26.3 Å². The maximum atomic E-state index is 11.8. The van der Waals surface area contributed by atoms with Crippen molar-refractivity contribution in [2.75, 3.05) is 5.32 Å². The van der Waals surface area contributed by atoms with Gasteiger partial charge in [-0.3, -0.25) is 9.48 Å². The molecule has 0 fully saturated rings. The number of rotatable bonds is 2. The number of carbonyl (C=O) groups excluding carboxylic acids is 1. The van der Waals surface area contributed by atoms with Gasteiger partial charge in [0.05, 0.1) is 17.4 Å². The van der Waals surface area contributed by atoms with Crippen molar-refractivity contribution in [1.29, 1.82) is 0 Å². The van der Waals surface area contributed by atoms with E-state index in [1.54, 1.807) is 17.9 Å². The third kappa shape index (κ3) is 2.30. The SMILES string of the molecule is Cn1cc(C(=O)Nc2ccccc2Br)cn1. The molecular weight excluding hydrogens is 270 g/mol. The molecule has 16 heavy (non-hydrogen) atoms. The maximum Gasteiger partial charge on any atom is 0.258 e. The zero-order valence-corrected chi connectivity index (χ0v) is 10.2. The van der Waals surface area contributed by atoms with Gasteiger partial charge in [-0.15, -0.1) is 0 Å². The number of aryl methyl sites for hydroxylation is 1. The Bertz CT molecular complexity index is 521. The summed E-state index contributed by atoms with van der Waals surface area (Å²) in [6.07, 6.45) is 3.21. The highest BCUT2D eigenvalue weighted by Crippen LogP contribution is 2.21. The summed E-state index contributed by atoms with van der Waals surface area (Å²) < 4.78 is 2.45. The van der Waals surface area contributed by atoms with Gasteiger partial charge in [0, 0.05) is 17.7 Å². The number of anilines is 1. The summed E-state index contributed by atoms with van der Waals surface area (Å²) in [4.78, 5) is 11.8. The maximum absolute atomic E-state index is 11.8. The van der Waals surface area contributed by atoms with Gasteiger partial charge in [0.25, 0.3) is 5.91 Å². The van der Waals surface area contributed by atoms with Crippen LogP contribution in [0.2, 0.25) is 0 Å². The molecule has 0 aliphatic heterocycles. The van der Waals surface area contributed by atoms with Crippen LogP contribution in [0, 0.1) is 0 Å². The third-order valence-electron chi connectivity index (χ3n) is 2.09. The summed E-state index contributed by atoms with van der Waals surface area (Å²) in [6, 6.07) is 7.46. The van der Waals surface area contributed by atoms with E-state index in [4.69, 9.17) is 0 Å². The van der Waals surface area contributed by atoms with E-state index in [1.165, 1.54) is 6.20 Å². The van der Waals surface area contributed by atoms with Crippen molar-refractivity contribution in [3.63, 3.8) is 0 Å². The molecule has 0 unspecified atom stereocenters. The average Bonchev–Trinajstić information content (AvgIpc) is 2.68. The number of amides is 1. The zero-order chi connectivity index (χ0) is 11.5. The number of para-hydroxylation sites is 1. The fraction of sp³-hybridized carbons (Fsp3) is 0.0909. The number of benzene rings is 1. The van der Waals surface area contributed by atoms with E-state index in [0.29, 0.717) is 5.56 Å². The highest BCUT2D eigenvalue weighted by Gasteiger charge is 2.09. The molecule has 0 aliphatic rings. The Balaban J connectivity index is 2.17. The van der Waals surface area contributed by atoms with Crippen LogP contribution >= 0.6 is 15.9 Å². The minimum atomic E-state index is -0.167. The number of hydrogen-bond acceptors (Lipinski definition) is 2. The Kier molecular flexibility index (Phi) is 3.05. The first-order chi connectivity index (χ1) is 7.66. The van der Waals surface area contributed by atoms with E-state index in [-0.39, 0.29) is 5.91 Å². The van der Waals surface area contributed by atoms with Gasteiger partial charge in [0.15, 0.2) is 0 Å². The molecule has 2 aromatic rings. The lowest BCUT2D eigenvalue weighted by Crippen LogP contribution is -2.11. The fourth-order valence-corrected chi connectivity index (χ4v) is 1.68. The van der Waals surface area contributed by atoms with Gasteiger partial charge >= 0.3 is 0 Å². The molecule has 0 radical (unpaired) electrons. The van der Waals surface area contributed by atoms with Crippen LogP contribution in [0.3, 0.4) is 0 Å². The number of halogens is 1. The molecule has 0 bridgehead atoms. The van der Waals surface area contributed by atoms with Gasteiger partial charge in [0.1, 0.15) is 0 Å². The van der Waals surface area contributed by atoms with Crippen molar-refractivity contribution in [1.82, 2.24) is 9.78 Å². The third-order valence-corrected chi connectivity index (χ3v) is 2.78. The van der Waals surface area contributed by atoms with E-state index in [0.717, 1.165) is 10.2 Å². The molecule has 5 heteroatoms. The van der Waals surface area contributed by atoms with Crippen LogP contribution in [-0.4, -0.2) is 15.7 Å². The molecule has 0 spiro atoms. The predicted octanol–water partition coefficient (Wildman–Crippen LogP) is 2.43. The lowest BCUT2D eigenvalue weighted by molar-refractivity contribution is 0.102. The molecule has 1 amide bonds. The van der Waals surface area contributed by atoms with Crippen LogP contribution in [0.1, 0.15) is 10.4 Å². The first kappa shape index (κ1) is 10.9. The highest BCUT2D eigenvalue weighted by atomic mass is 79.9. The number of nitrogens with zero attached hydrogens (tertiary/aromatic N) is 2. The van der Waals surface area contributed by atoms with Crippen molar-refractivity contribution >= 4 is 27.5 Å². The van der Waals surface area contributed by atoms with E-state index >= 15 is 0 Å². The summed E-state index contributed by atoms with van der Waals surface area (Å²) in [5.74, 6) is -0.167. The second kappa shape index (κ2) is 4.49. The summed E-state index contributed by atoms with van der Waals surface area (Å²) >= 11 is 3.37. The van der Waals surface area contributed by atoms with Crippen molar-refractivity contribution < 1.29 is 4.79 Å². The Morgan fingerprint density at radius 2 is 2.19 bits per heavy atom. The molecule has 0 atom stereocenters. The largest absolute Gasteiger partial charge is 0.321 e. The first-order valence-corrected chi connectivity index (χ1v) is 5.50. The molecule has 1 aromatic heterocycles. The minimum absolute atomic E-state index is 0.167. The zero-order valence-electron chi connectivity index (χ0n) is 8.64. The monoisotopic (exact) mass is 279 g/mol. The first-order valence-electron chi connectivity index (χ1n) is 4.71. The quantitative estimate of drug-likeness (QED) is 0.918. The van der Waals surface area contributed by atoms with Crippen LogP contribution in [0.5, 0.6) is 0 Å². The van der Waals surface area contributed by atoms with Gasteiger partial charge in [-0.1, -0.05) is 12.1 Å². The summed E-state index contributed by atoms with van der Waals surface area (Å²) in [6.45, 7) is 0. The highest BCUT2D eigenvalue weighted by molar-refractivity contribution is 9.10. The van der Waals surface area contributed by atoms with E-state index in [9.17, 15) is 4.79 Å². The van der Waals surface area contributed by atoms with Crippen molar-refractivity contribution in [2.24, 2.45) is 7.05 Å². The number of hydrogen-bond donors (Lipinski definition) is 1. The molecule has 4 nitrogen and oxygen atoms in total. The average molecular weight is 280 g/mol. The molecule has 0 saturated heterocycles. The number of aromatic nitrogens is 2. The van der Waals surface area contributed by atoms with Crippen LogP contribution in [0.15, 0.2) is 41.1 Å². The number of nitrogens with one attached hydrogen (secondary N) is 1. The molecular formula is C11H10BrN3O. The van der Waals surface area contributed by atoms with Gasteiger partial charge in [-0.25, -0.2) is 0 Å². The lowest BCUT2D eigenvalue weighted by atomic mass is 10.3. The molecule has 0 aliphatic carbocycles. The van der Waals surface area contributed by atoms with Crippen LogP contribution in [0.4, 0.5) is 5.69 Å². The molecule has 0 saturated carbocycles. The van der Waals surface area contributed by atoms with Gasteiger partial charge in [-0.05, 0) is 28.1 Å². The second-order valence-corrected chi connectivity index (χ2v) is 4.19. The van der Waals surface area contributed by atoms with Crippen molar-refractivity contribution in [3.05, 3.63) is 46.7 Å². The second-order valence-electron chi connectivity index (χ2n) is 3.34. The van der Waals surface area contributed by atoms with Crippen molar-refractivity contribution in [3.8, 4) is 0 Å². The Labute approximate surface area is 101 Å². The topological polar surface area (TPSA) is 46.9 Å². The van der Waals surface area contributed by atoms with Crippen LogP contribution in [-0.2, 0) is 7.05 Å². The molecule has 1 aromatic carbocycles. The summed E-state index contributed by atoms with van der Waals surface area (Å²) in [5, 5.41) is 6.75.